The molecule has 2 heterocycles. The number of fused-ring (bicyclic) bond motifs is 1. The maximum Gasteiger partial charge on any atom is 0.183 e. The first-order chi connectivity index (χ1) is 9.79. The Kier molecular flexibility index (Phi) is 3.52. The Morgan fingerprint density at radius 3 is 2.80 bits per heavy atom. The molecule has 2 aromatic heterocycles. The number of ether oxygens (including phenoxy) is 1. The molecule has 0 radical (unpaired) electrons. The van der Waals surface area contributed by atoms with Gasteiger partial charge in [0.2, 0.25) is 0 Å². The van der Waals surface area contributed by atoms with E-state index >= 15 is 0 Å². The van der Waals surface area contributed by atoms with Gasteiger partial charge in [0.1, 0.15) is 5.75 Å². The van der Waals surface area contributed by atoms with Crippen LogP contribution in [0, 0.1) is 4.77 Å². The summed E-state index contributed by atoms with van der Waals surface area (Å²) in [6, 6.07) is 11.7. The van der Waals surface area contributed by atoms with Crippen LogP contribution in [0.2, 0.25) is 0 Å². The summed E-state index contributed by atoms with van der Waals surface area (Å²) in [5.41, 5.74) is 2.74. The van der Waals surface area contributed by atoms with E-state index in [1.54, 1.807) is 6.20 Å². The first kappa shape index (κ1) is 12.9. The summed E-state index contributed by atoms with van der Waals surface area (Å²) < 4.78 is 8.15. The van der Waals surface area contributed by atoms with Crippen molar-refractivity contribution in [3.8, 4) is 11.4 Å². The van der Waals surface area contributed by atoms with E-state index in [1.165, 1.54) is 0 Å². The van der Waals surface area contributed by atoms with Crippen LogP contribution in [-0.2, 0) is 0 Å². The number of nitrogens with zero attached hydrogens (tertiary/aromatic N) is 2. The van der Waals surface area contributed by atoms with E-state index in [4.69, 9.17) is 17.0 Å². The van der Waals surface area contributed by atoms with E-state index in [0.29, 0.717) is 4.77 Å². The van der Waals surface area contributed by atoms with Gasteiger partial charge >= 0.3 is 0 Å². The molecule has 0 atom stereocenters. The molecule has 1 aromatic carbocycles. The Balaban J connectivity index is 2.03. The van der Waals surface area contributed by atoms with Crippen molar-refractivity contribution in [2.75, 3.05) is 6.61 Å². The number of H-pyrrole nitrogens is 1. The molecular weight excluding hydrogens is 270 g/mol. The summed E-state index contributed by atoms with van der Waals surface area (Å²) in [6.45, 7) is 2.82. The largest absolute Gasteiger partial charge is 0.494 e. The maximum atomic E-state index is 5.59. The lowest BCUT2D eigenvalue weighted by Crippen LogP contribution is -1.97. The summed E-state index contributed by atoms with van der Waals surface area (Å²) in [7, 11) is 0. The highest BCUT2D eigenvalue weighted by Crippen LogP contribution is 2.20. The number of rotatable bonds is 4. The molecule has 0 amide bonds. The fourth-order valence-corrected chi connectivity index (χ4v) is 2.39. The first-order valence-corrected chi connectivity index (χ1v) is 6.99. The van der Waals surface area contributed by atoms with E-state index in [2.05, 4.69) is 16.9 Å². The Morgan fingerprint density at radius 2 is 2.05 bits per heavy atom. The summed E-state index contributed by atoms with van der Waals surface area (Å²) in [4.78, 5) is 7.54. The molecule has 20 heavy (non-hydrogen) atoms. The molecule has 0 saturated heterocycles. The second kappa shape index (κ2) is 5.46. The molecule has 0 aliphatic carbocycles. The maximum absolute atomic E-state index is 5.59. The minimum Gasteiger partial charge on any atom is -0.494 e. The zero-order valence-electron chi connectivity index (χ0n) is 11.2. The number of hydrogen-bond acceptors (Lipinski definition) is 3. The van der Waals surface area contributed by atoms with Crippen LogP contribution in [0.25, 0.3) is 16.9 Å². The summed E-state index contributed by atoms with van der Waals surface area (Å²) in [6.07, 6.45) is 2.76. The van der Waals surface area contributed by atoms with Crippen LogP contribution in [0.3, 0.4) is 0 Å². The smallest absolute Gasteiger partial charge is 0.183 e. The molecule has 0 aliphatic rings. The average molecular weight is 285 g/mol. The molecular formula is C15H15N3OS. The lowest BCUT2D eigenvalue weighted by atomic mass is 10.3. The molecule has 0 unspecified atom stereocenters. The molecule has 0 saturated carbocycles. The molecule has 0 bridgehead atoms. The topological polar surface area (TPSA) is 42.8 Å². The summed E-state index contributed by atoms with van der Waals surface area (Å²) in [5, 5.41) is 0. The van der Waals surface area contributed by atoms with Gasteiger partial charge in [0.15, 0.2) is 10.4 Å². The standard InChI is InChI=1S/C15H15N3OS/c1-2-10-19-12-7-5-11(6-8-12)18-14-13(17-15(18)20)4-3-9-16-14/h3-9H,2,10H2,1H3,(H,17,20). The van der Waals surface area contributed by atoms with Gasteiger partial charge in [-0.2, -0.15) is 0 Å². The lowest BCUT2D eigenvalue weighted by molar-refractivity contribution is 0.317. The van der Waals surface area contributed by atoms with Gasteiger partial charge in [0.25, 0.3) is 0 Å². The highest BCUT2D eigenvalue weighted by Gasteiger charge is 2.07. The van der Waals surface area contributed by atoms with Crippen molar-refractivity contribution in [1.82, 2.24) is 14.5 Å². The Morgan fingerprint density at radius 1 is 1.25 bits per heavy atom. The van der Waals surface area contributed by atoms with Crippen LogP contribution in [0.15, 0.2) is 42.6 Å². The summed E-state index contributed by atoms with van der Waals surface area (Å²) >= 11 is 5.37. The van der Waals surface area contributed by atoms with Gasteiger partial charge in [-0.1, -0.05) is 6.92 Å². The van der Waals surface area contributed by atoms with Gasteiger partial charge in [-0.25, -0.2) is 4.98 Å². The lowest BCUT2D eigenvalue weighted by Gasteiger charge is -2.07. The second-order valence-corrected chi connectivity index (χ2v) is 4.87. The van der Waals surface area contributed by atoms with E-state index in [-0.39, 0.29) is 0 Å². The number of aromatic nitrogens is 3. The number of pyridine rings is 1. The Bertz CT molecular complexity index is 774. The SMILES string of the molecule is CCCOc1ccc(-n2c(=S)[nH]c3cccnc32)cc1. The zero-order chi connectivity index (χ0) is 13.9. The van der Waals surface area contributed by atoms with Crippen LogP contribution >= 0.6 is 12.2 Å². The molecule has 3 aromatic rings. The average Bonchev–Trinajstić information content (AvgIpc) is 2.81. The molecule has 0 fully saturated rings. The van der Waals surface area contributed by atoms with E-state index in [9.17, 15) is 0 Å². The predicted molar refractivity (Wildman–Crippen MR) is 82.0 cm³/mol. The quantitative estimate of drug-likeness (QED) is 0.740. The fraction of sp³-hybridized carbons (Fsp3) is 0.200. The van der Waals surface area contributed by atoms with E-state index in [0.717, 1.165) is 35.6 Å². The third-order valence-corrected chi connectivity index (χ3v) is 3.30. The van der Waals surface area contributed by atoms with Crippen molar-refractivity contribution in [2.24, 2.45) is 0 Å². The normalized spacial score (nSPS) is 10.8. The highest BCUT2D eigenvalue weighted by atomic mass is 32.1. The van der Waals surface area contributed by atoms with Crippen molar-refractivity contribution in [3.05, 3.63) is 47.4 Å². The van der Waals surface area contributed by atoms with Crippen molar-refractivity contribution in [1.29, 1.82) is 0 Å². The van der Waals surface area contributed by atoms with E-state index < -0.39 is 0 Å². The minimum atomic E-state index is 0.640. The van der Waals surface area contributed by atoms with Crippen LogP contribution in [0.1, 0.15) is 13.3 Å². The van der Waals surface area contributed by atoms with Gasteiger partial charge < -0.3 is 9.72 Å². The Labute approximate surface area is 122 Å². The first-order valence-electron chi connectivity index (χ1n) is 6.58. The number of aromatic amines is 1. The molecule has 0 aliphatic heterocycles. The van der Waals surface area contributed by atoms with Crippen LogP contribution in [0.4, 0.5) is 0 Å². The minimum absolute atomic E-state index is 0.640. The molecule has 102 valence electrons. The molecule has 1 N–H and O–H groups in total. The zero-order valence-corrected chi connectivity index (χ0v) is 12.0. The second-order valence-electron chi connectivity index (χ2n) is 4.48. The van der Waals surface area contributed by atoms with Gasteiger partial charge in [0, 0.05) is 6.20 Å². The van der Waals surface area contributed by atoms with Crippen molar-refractivity contribution in [2.45, 2.75) is 13.3 Å². The molecule has 0 spiro atoms. The van der Waals surface area contributed by atoms with E-state index in [1.807, 2.05) is 41.0 Å². The van der Waals surface area contributed by atoms with Gasteiger partial charge in [0.05, 0.1) is 17.8 Å². The summed E-state index contributed by atoms with van der Waals surface area (Å²) in [5.74, 6) is 0.870. The Hall–Kier alpha value is -2.14. The van der Waals surface area contributed by atoms with Crippen molar-refractivity contribution in [3.63, 3.8) is 0 Å². The third-order valence-electron chi connectivity index (χ3n) is 3.01. The van der Waals surface area contributed by atoms with Gasteiger partial charge in [-0.15, -0.1) is 0 Å². The fourth-order valence-electron chi connectivity index (χ4n) is 2.09. The number of nitrogens with one attached hydrogen (secondary N) is 1. The third kappa shape index (κ3) is 2.32. The highest BCUT2D eigenvalue weighted by molar-refractivity contribution is 7.71. The van der Waals surface area contributed by atoms with Gasteiger partial charge in [-0.05, 0) is 55.0 Å². The van der Waals surface area contributed by atoms with Gasteiger partial charge in [-0.3, -0.25) is 4.57 Å². The molecule has 4 nitrogen and oxygen atoms in total. The number of benzene rings is 1. The van der Waals surface area contributed by atoms with Crippen LogP contribution < -0.4 is 4.74 Å². The number of hydrogen-bond donors (Lipinski definition) is 1. The van der Waals surface area contributed by atoms with Crippen molar-refractivity contribution >= 4 is 23.4 Å². The predicted octanol–water partition coefficient (Wildman–Crippen LogP) is 3.87. The number of imidazole rings is 1. The van der Waals surface area contributed by atoms with Crippen LogP contribution in [-0.4, -0.2) is 21.1 Å². The van der Waals surface area contributed by atoms with Crippen LogP contribution in [0.5, 0.6) is 5.75 Å². The molecule has 3 rings (SSSR count). The van der Waals surface area contributed by atoms with Crippen molar-refractivity contribution < 1.29 is 4.74 Å². The molecule has 5 heteroatoms. The monoisotopic (exact) mass is 285 g/mol.